The van der Waals surface area contributed by atoms with E-state index in [1.54, 1.807) is 7.11 Å². The normalized spacial score (nSPS) is 13.9. The minimum Gasteiger partial charge on any atom is -0.497 e. The van der Waals surface area contributed by atoms with Crippen LogP contribution in [0.15, 0.2) is 48.5 Å². The fourth-order valence-corrected chi connectivity index (χ4v) is 2.46. The van der Waals surface area contributed by atoms with Crippen LogP contribution < -0.4 is 10.5 Å². The molecule has 1 atom stereocenters. The summed E-state index contributed by atoms with van der Waals surface area (Å²) in [7, 11) is 1.67. The van der Waals surface area contributed by atoms with Gasteiger partial charge in [-0.1, -0.05) is 24.3 Å². The van der Waals surface area contributed by atoms with Crippen molar-refractivity contribution in [3.05, 3.63) is 63.2 Å². The first-order valence-corrected chi connectivity index (χ1v) is 7.27. The van der Waals surface area contributed by atoms with Crippen LogP contribution in [0.3, 0.4) is 0 Å². The molecule has 2 aromatic rings. The van der Waals surface area contributed by atoms with Gasteiger partial charge in [0.05, 0.1) is 7.11 Å². The lowest BCUT2D eigenvalue weighted by molar-refractivity contribution is 0.413. The molecule has 0 aromatic heterocycles. The Hall–Kier alpha value is -1.07. The first-order valence-electron chi connectivity index (χ1n) is 6.19. The van der Waals surface area contributed by atoms with E-state index in [-0.39, 0.29) is 5.54 Å². The average Bonchev–Trinajstić information content (AvgIpc) is 2.41. The summed E-state index contributed by atoms with van der Waals surface area (Å²) in [5.74, 6) is 0.855. The third-order valence-corrected chi connectivity index (χ3v) is 3.95. The van der Waals surface area contributed by atoms with Crippen molar-refractivity contribution in [1.82, 2.24) is 0 Å². The summed E-state index contributed by atoms with van der Waals surface area (Å²) in [6, 6.07) is 16.5. The van der Waals surface area contributed by atoms with Gasteiger partial charge in [-0.3, -0.25) is 0 Å². The molecule has 0 fully saturated rings. The van der Waals surface area contributed by atoms with Crippen LogP contribution in [0.4, 0.5) is 0 Å². The number of rotatable bonds is 4. The lowest BCUT2D eigenvalue weighted by Gasteiger charge is -2.25. The van der Waals surface area contributed by atoms with Crippen LogP contribution in [0, 0.1) is 3.57 Å². The van der Waals surface area contributed by atoms with Crippen LogP contribution >= 0.6 is 22.6 Å². The Labute approximate surface area is 128 Å². The Balaban J connectivity index is 2.18. The van der Waals surface area contributed by atoms with Gasteiger partial charge in [0.25, 0.3) is 0 Å². The van der Waals surface area contributed by atoms with Crippen LogP contribution in [0.5, 0.6) is 5.75 Å². The summed E-state index contributed by atoms with van der Waals surface area (Å²) >= 11 is 2.31. The molecule has 0 aliphatic heterocycles. The second-order valence-electron chi connectivity index (χ2n) is 4.95. The van der Waals surface area contributed by atoms with Gasteiger partial charge < -0.3 is 10.5 Å². The monoisotopic (exact) mass is 367 g/mol. The van der Waals surface area contributed by atoms with Crippen LogP contribution in [0.1, 0.15) is 18.1 Å². The predicted molar refractivity (Wildman–Crippen MR) is 87.4 cm³/mol. The van der Waals surface area contributed by atoms with Crippen molar-refractivity contribution >= 4 is 22.6 Å². The fraction of sp³-hybridized carbons (Fsp3) is 0.250. The van der Waals surface area contributed by atoms with E-state index in [1.165, 1.54) is 9.13 Å². The van der Waals surface area contributed by atoms with Crippen molar-refractivity contribution < 1.29 is 4.74 Å². The van der Waals surface area contributed by atoms with E-state index >= 15 is 0 Å². The van der Waals surface area contributed by atoms with Crippen LogP contribution in [0.2, 0.25) is 0 Å². The highest BCUT2D eigenvalue weighted by molar-refractivity contribution is 14.1. The molecule has 2 N–H and O–H groups in total. The quantitative estimate of drug-likeness (QED) is 0.837. The van der Waals surface area contributed by atoms with Gasteiger partial charge in [-0.15, -0.1) is 0 Å². The van der Waals surface area contributed by atoms with E-state index in [1.807, 2.05) is 24.3 Å². The highest BCUT2D eigenvalue weighted by atomic mass is 127. The first-order chi connectivity index (χ1) is 9.01. The first kappa shape index (κ1) is 14.3. The molecule has 19 heavy (non-hydrogen) atoms. The van der Waals surface area contributed by atoms with Crippen LogP contribution in [0.25, 0.3) is 0 Å². The third kappa shape index (κ3) is 3.70. The minimum absolute atomic E-state index is 0.376. The molecule has 0 aliphatic carbocycles. The molecule has 1 unspecified atom stereocenters. The van der Waals surface area contributed by atoms with Gasteiger partial charge in [0.1, 0.15) is 5.75 Å². The molecular weight excluding hydrogens is 349 g/mol. The molecule has 2 aromatic carbocycles. The van der Waals surface area contributed by atoms with Gasteiger partial charge in [-0.25, -0.2) is 0 Å². The van der Waals surface area contributed by atoms with Gasteiger partial charge in [0.2, 0.25) is 0 Å². The number of methoxy groups -OCH3 is 1. The number of benzene rings is 2. The summed E-state index contributed by atoms with van der Waals surface area (Å²) in [5.41, 5.74) is 8.45. The Morgan fingerprint density at radius 1 is 1.05 bits per heavy atom. The maximum Gasteiger partial charge on any atom is 0.118 e. The largest absolute Gasteiger partial charge is 0.497 e. The summed E-state index contributed by atoms with van der Waals surface area (Å²) in [6.07, 6.45) is 0.816. The summed E-state index contributed by atoms with van der Waals surface area (Å²) in [5, 5.41) is 0. The number of halogens is 1. The van der Waals surface area contributed by atoms with Crippen molar-refractivity contribution in [2.75, 3.05) is 7.11 Å². The van der Waals surface area contributed by atoms with E-state index in [9.17, 15) is 0 Å². The smallest absolute Gasteiger partial charge is 0.118 e. The molecule has 0 heterocycles. The number of hydrogen-bond acceptors (Lipinski definition) is 2. The van der Waals surface area contributed by atoms with Gasteiger partial charge in [-0.05, 0) is 71.3 Å². The summed E-state index contributed by atoms with van der Waals surface area (Å²) in [4.78, 5) is 0. The van der Waals surface area contributed by atoms with Gasteiger partial charge in [-0.2, -0.15) is 0 Å². The standard InChI is InChI=1S/C16H18INO/c1-16(18,11-12-3-7-14(17)8-4-12)13-5-9-15(19-2)10-6-13/h3-10H,11,18H2,1-2H3. The highest BCUT2D eigenvalue weighted by Gasteiger charge is 2.21. The van der Waals surface area contributed by atoms with Crippen molar-refractivity contribution in [3.8, 4) is 5.75 Å². The summed E-state index contributed by atoms with van der Waals surface area (Å²) < 4.78 is 6.41. The minimum atomic E-state index is -0.376. The molecule has 2 nitrogen and oxygen atoms in total. The third-order valence-electron chi connectivity index (χ3n) is 3.23. The summed E-state index contributed by atoms with van der Waals surface area (Å²) in [6.45, 7) is 2.06. The molecule has 0 saturated carbocycles. The van der Waals surface area contributed by atoms with Crippen molar-refractivity contribution in [3.63, 3.8) is 0 Å². The van der Waals surface area contributed by atoms with Crippen molar-refractivity contribution in [2.24, 2.45) is 5.73 Å². The highest BCUT2D eigenvalue weighted by Crippen LogP contribution is 2.25. The van der Waals surface area contributed by atoms with E-state index in [2.05, 4.69) is 53.8 Å². The predicted octanol–water partition coefficient (Wildman–Crippen LogP) is 3.72. The molecule has 2 rings (SSSR count). The van der Waals surface area contributed by atoms with E-state index in [0.717, 1.165) is 17.7 Å². The Bertz CT molecular complexity index is 532. The van der Waals surface area contributed by atoms with Gasteiger partial charge >= 0.3 is 0 Å². The SMILES string of the molecule is COc1ccc(C(C)(N)Cc2ccc(I)cc2)cc1. The molecule has 0 saturated heterocycles. The van der Waals surface area contributed by atoms with E-state index in [4.69, 9.17) is 10.5 Å². The molecule has 0 bridgehead atoms. The number of nitrogens with two attached hydrogens (primary N) is 1. The van der Waals surface area contributed by atoms with Crippen molar-refractivity contribution in [1.29, 1.82) is 0 Å². The Kier molecular flexibility index (Phi) is 4.47. The molecule has 0 radical (unpaired) electrons. The van der Waals surface area contributed by atoms with Gasteiger partial charge in [0, 0.05) is 9.11 Å². The molecule has 0 spiro atoms. The maximum absolute atomic E-state index is 6.46. The molecule has 100 valence electrons. The molecular formula is C16H18INO. The average molecular weight is 367 g/mol. The zero-order valence-electron chi connectivity index (χ0n) is 11.2. The topological polar surface area (TPSA) is 35.2 Å². The van der Waals surface area contributed by atoms with Crippen LogP contribution in [-0.2, 0) is 12.0 Å². The van der Waals surface area contributed by atoms with Crippen LogP contribution in [-0.4, -0.2) is 7.11 Å². The molecule has 0 amide bonds. The lowest BCUT2D eigenvalue weighted by atomic mass is 9.86. The second kappa shape index (κ2) is 5.92. The van der Waals surface area contributed by atoms with E-state index < -0.39 is 0 Å². The fourth-order valence-electron chi connectivity index (χ4n) is 2.10. The zero-order valence-corrected chi connectivity index (χ0v) is 13.3. The lowest BCUT2D eigenvalue weighted by Crippen LogP contribution is -2.35. The Morgan fingerprint density at radius 3 is 2.16 bits per heavy atom. The molecule has 0 aliphatic rings. The van der Waals surface area contributed by atoms with Crippen molar-refractivity contribution in [2.45, 2.75) is 18.9 Å². The van der Waals surface area contributed by atoms with E-state index in [0.29, 0.717) is 0 Å². The van der Waals surface area contributed by atoms with Gasteiger partial charge in [0.15, 0.2) is 0 Å². The number of ether oxygens (including phenoxy) is 1. The second-order valence-corrected chi connectivity index (χ2v) is 6.19. The maximum atomic E-state index is 6.46. The zero-order chi connectivity index (χ0) is 13.9. The Morgan fingerprint density at radius 2 is 1.63 bits per heavy atom. The molecule has 3 heteroatoms. The number of hydrogen-bond donors (Lipinski definition) is 1.